The summed E-state index contributed by atoms with van der Waals surface area (Å²) in [7, 11) is 1.58. The van der Waals surface area contributed by atoms with E-state index in [9.17, 15) is 4.79 Å². The summed E-state index contributed by atoms with van der Waals surface area (Å²) >= 11 is 1.28. The molecule has 0 aliphatic carbocycles. The molecule has 1 aromatic heterocycles. The van der Waals surface area contributed by atoms with Gasteiger partial charge in [-0.25, -0.2) is 0 Å². The summed E-state index contributed by atoms with van der Waals surface area (Å²) in [5.74, 6) is 0.513. The van der Waals surface area contributed by atoms with E-state index in [0.29, 0.717) is 23.4 Å². The van der Waals surface area contributed by atoms with Crippen LogP contribution in [-0.4, -0.2) is 23.2 Å². The van der Waals surface area contributed by atoms with Crippen LogP contribution in [-0.2, 0) is 22.7 Å². The molecule has 27 heavy (non-hydrogen) atoms. The topological polar surface area (TPSA) is 73.3 Å². The van der Waals surface area contributed by atoms with Crippen molar-refractivity contribution in [3.63, 3.8) is 0 Å². The van der Waals surface area contributed by atoms with Crippen LogP contribution in [0, 0.1) is 0 Å². The van der Waals surface area contributed by atoms with E-state index in [2.05, 4.69) is 15.5 Å². The first-order chi connectivity index (χ1) is 13.2. The summed E-state index contributed by atoms with van der Waals surface area (Å²) in [4.78, 5) is 12.0. The number of ether oxygens (including phenoxy) is 2. The molecule has 138 valence electrons. The first kappa shape index (κ1) is 18.8. The SMILES string of the molecule is COCc1nnc(NC(=O)/C=C/c2ccc(OCc3ccccc3)cc2)s1. The van der Waals surface area contributed by atoms with E-state index >= 15 is 0 Å². The normalized spacial score (nSPS) is 10.9. The second-order valence-electron chi connectivity index (χ2n) is 5.60. The third-order valence-corrected chi connectivity index (χ3v) is 4.33. The number of benzene rings is 2. The quantitative estimate of drug-likeness (QED) is 0.599. The highest BCUT2D eigenvalue weighted by atomic mass is 32.1. The van der Waals surface area contributed by atoms with Gasteiger partial charge >= 0.3 is 0 Å². The molecule has 1 heterocycles. The van der Waals surface area contributed by atoms with Crippen molar-refractivity contribution in [1.82, 2.24) is 10.2 Å². The van der Waals surface area contributed by atoms with E-state index in [-0.39, 0.29) is 5.91 Å². The average molecular weight is 381 g/mol. The molecule has 6 nitrogen and oxygen atoms in total. The number of nitrogens with zero attached hydrogens (tertiary/aromatic N) is 2. The van der Waals surface area contributed by atoms with Gasteiger partial charge in [0.15, 0.2) is 0 Å². The van der Waals surface area contributed by atoms with Crippen LogP contribution in [0.1, 0.15) is 16.1 Å². The van der Waals surface area contributed by atoms with Crippen LogP contribution in [0.4, 0.5) is 5.13 Å². The molecular weight excluding hydrogens is 362 g/mol. The monoisotopic (exact) mass is 381 g/mol. The van der Waals surface area contributed by atoms with E-state index in [1.807, 2.05) is 54.6 Å². The van der Waals surface area contributed by atoms with Crippen molar-refractivity contribution < 1.29 is 14.3 Å². The Bertz CT molecular complexity index is 892. The molecule has 0 aliphatic rings. The van der Waals surface area contributed by atoms with Crippen molar-refractivity contribution >= 4 is 28.5 Å². The molecule has 0 fully saturated rings. The minimum atomic E-state index is -0.264. The van der Waals surface area contributed by atoms with Gasteiger partial charge < -0.3 is 9.47 Å². The Morgan fingerprint density at radius 1 is 1.07 bits per heavy atom. The lowest BCUT2D eigenvalue weighted by Gasteiger charge is -2.06. The number of rotatable bonds is 8. The molecule has 0 bridgehead atoms. The molecule has 7 heteroatoms. The van der Waals surface area contributed by atoms with Crippen LogP contribution in [0.3, 0.4) is 0 Å². The maximum Gasteiger partial charge on any atom is 0.250 e. The van der Waals surface area contributed by atoms with Crippen LogP contribution in [0.5, 0.6) is 5.75 Å². The Hall–Kier alpha value is -3.03. The summed E-state index contributed by atoms with van der Waals surface area (Å²) in [5, 5.41) is 11.6. The number of amides is 1. The van der Waals surface area contributed by atoms with Crippen molar-refractivity contribution in [2.45, 2.75) is 13.2 Å². The molecule has 0 radical (unpaired) electrons. The standard InChI is InChI=1S/C20H19N3O3S/c1-25-14-19-22-23-20(27-19)21-18(24)12-9-15-7-10-17(11-8-15)26-13-16-5-3-2-4-6-16/h2-12H,13-14H2,1H3,(H,21,23,24)/b12-9+. The molecule has 1 N–H and O–H groups in total. The predicted molar refractivity (Wildman–Crippen MR) is 106 cm³/mol. The van der Waals surface area contributed by atoms with Crippen LogP contribution >= 0.6 is 11.3 Å². The zero-order valence-electron chi connectivity index (χ0n) is 14.8. The van der Waals surface area contributed by atoms with Crippen molar-refractivity contribution in [3.8, 4) is 5.75 Å². The molecular formula is C20H19N3O3S. The first-order valence-corrected chi connectivity index (χ1v) is 9.12. The summed E-state index contributed by atoms with van der Waals surface area (Å²) < 4.78 is 10.7. The first-order valence-electron chi connectivity index (χ1n) is 8.30. The highest BCUT2D eigenvalue weighted by Crippen LogP contribution is 2.17. The van der Waals surface area contributed by atoms with Gasteiger partial charge in [-0.3, -0.25) is 10.1 Å². The third kappa shape index (κ3) is 6.02. The van der Waals surface area contributed by atoms with E-state index in [4.69, 9.17) is 9.47 Å². The Labute approximate surface area is 161 Å². The molecule has 0 saturated heterocycles. The third-order valence-electron chi connectivity index (χ3n) is 3.52. The molecule has 2 aromatic carbocycles. The number of hydrogen-bond acceptors (Lipinski definition) is 6. The van der Waals surface area contributed by atoms with Crippen LogP contribution in [0.2, 0.25) is 0 Å². The molecule has 0 spiro atoms. The molecule has 3 aromatic rings. The van der Waals surface area contributed by atoms with Gasteiger partial charge in [-0.05, 0) is 29.3 Å². The van der Waals surface area contributed by atoms with E-state index in [1.54, 1.807) is 13.2 Å². The van der Waals surface area contributed by atoms with Crippen LogP contribution in [0.15, 0.2) is 60.7 Å². The van der Waals surface area contributed by atoms with Gasteiger partial charge in [0.1, 0.15) is 24.0 Å². The van der Waals surface area contributed by atoms with Gasteiger partial charge in [-0.2, -0.15) is 0 Å². The molecule has 1 amide bonds. The summed E-state index contributed by atoms with van der Waals surface area (Å²) in [6.45, 7) is 0.896. The molecule has 0 atom stereocenters. The van der Waals surface area contributed by atoms with Crippen molar-refractivity contribution in [2.75, 3.05) is 12.4 Å². The highest BCUT2D eigenvalue weighted by molar-refractivity contribution is 7.15. The fourth-order valence-corrected chi connectivity index (χ4v) is 2.94. The highest BCUT2D eigenvalue weighted by Gasteiger charge is 2.05. The van der Waals surface area contributed by atoms with Gasteiger partial charge in [-0.1, -0.05) is 53.8 Å². The fraction of sp³-hybridized carbons (Fsp3) is 0.150. The number of nitrogens with one attached hydrogen (secondary N) is 1. The molecule has 0 aliphatic heterocycles. The summed E-state index contributed by atoms with van der Waals surface area (Å²) in [6.07, 6.45) is 3.19. The lowest BCUT2D eigenvalue weighted by Crippen LogP contribution is -2.07. The number of aromatic nitrogens is 2. The number of carbonyl (C=O) groups is 1. The zero-order valence-corrected chi connectivity index (χ0v) is 15.6. The van der Waals surface area contributed by atoms with Gasteiger partial charge in [0, 0.05) is 13.2 Å². The lowest BCUT2D eigenvalue weighted by atomic mass is 10.2. The Morgan fingerprint density at radius 3 is 2.59 bits per heavy atom. The maximum absolute atomic E-state index is 12.0. The molecule has 0 unspecified atom stereocenters. The van der Waals surface area contributed by atoms with Crippen LogP contribution < -0.4 is 10.1 Å². The predicted octanol–water partition coefficient (Wildman–Crippen LogP) is 3.92. The van der Waals surface area contributed by atoms with Gasteiger partial charge in [-0.15, -0.1) is 10.2 Å². The number of carbonyl (C=O) groups excluding carboxylic acids is 1. The second-order valence-corrected chi connectivity index (χ2v) is 6.66. The van der Waals surface area contributed by atoms with E-state index in [1.165, 1.54) is 17.4 Å². The maximum atomic E-state index is 12.0. The van der Waals surface area contributed by atoms with Crippen molar-refractivity contribution in [3.05, 3.63) is 76.8 Å². The summed E-state index contributed by atoms with van der Waals surface area (Å²) in [6, 6.07) is 17.5. The Morgan fingerprint density at radius 2 is 1.85 bits per heavy atom. The number of anilines is 1. The minimum absolute atomic E-state index is 0.264. The minimum Gasteiger partial charge on any atom is -0.489 e. The average Bonchev–Trinajstić information content (AvgIpc) is 3.13. The van der Waals surface area contributed by atoms with Crippen LogP contribution in [0.25, 0.3) is 6.08 Å². The zero-order chi connectivity index (χ0) is 18.9. The smallest absolute Gasteiger partial charge is 0.250 e. The second kappa shape index (κ2) is 9.61. The lowest BCUT2D eigenvalue weighted by molar-refractivity contribution is -0.111. The summed E-state index contributed by atoms with van der Waals surface area (Å²) in [5.41, 5.74) is 2.01. The molecule has 0 saturated carbocycles. The number of methoxy groups -OCH3 is 1. The Balaban J connectivity index is 1.50. The van der Waals surface area contributed by atoms with Gasteiger partial charge in [0.05, 0.1) is 0 Å². The van der Waals surface area contributed by atoms with Gasteiger partial charge in [0.2, 0.25) is 11.0 Å². The van der Waals surface area contributed by atoms with Crippen molar-refractivity contribution in [1.29, 1.82) is 0 Å². The number of hydrogen-bond donors (Lipinski definition) is 1. The van der Waals surface area contributed by atoms with E-state index < -0.39 is 0 Å². The Kier molecular flexibility index (Phi) is 6.67. The largest absolute Gasteiger partial charge is 0.489 e. The van der Waals surface area contributed by atoms with Crippen molar-refractivity contribution in [2.24, 2.45) is 0 Å². The van der Waals surface area contributed by atoms with E-state index in [0.717, 1.165) is 16.9 Å². The van der Waals surface area contributed by atoms with Gasteiger partial charge in [0.25, 0.3) is 0 Å². The molecule has 3 rings (SSSR count). The fourth-order valence-electron chi connectivity index (χ4n) is 2.22.